The molecule has 0 aliphatic carbocycles. The molecule has 11 heavy (non-hydrogen) atoms. The van der Waals surface area contributed by atoms with Gasteiger partial charge in [-0.15, -0.1) is 4.68 Å². The van der Waals surface area contributed by atoms with E-state index in [1.165, 1.54) is 0 Å². The van der Waals surface area contributed by atoms with Gasteiger partial charge in [0.2, 0.25) is 0 Å². The van der Waals surface area contributed by atoms with Crippen LogP contribution >= 0.6 is 0 Å². The molecule has 0 bridgehead atoms. The van der Waals surface area contributed by atoms with E-state index in [1.54, 1.807) is 6.20 Å². The van der Waals surface area contributed by atoms with Crippen LogP contribution in [-0.4, -0.2) is 10.1 Å². The summed E-state index contributed by atoms with van der Waals surface area (Å²) in [6.07, 6.45) is 5.54. The zero-order chi connectivity index (χ0) is 7.52. The SMILES string of the molecule is c1ccc(-[n+]2ccc[nH]2)nc1. The highest BCUT2D eigenvalue weighted by molar-refractivity contribution is 5.08. The number of nitrogens with zero attached hydrogens (tertiary/aromatic N) is 2. The summed E-state index contributed by atoms with van der Waals surface area (Å²) < 4.78 is 1.85. The van der Waals surface area contributed by atoms with Crippen LogP contribution in [0.4, 0.5) is 0 Å². The number of H-pyrrole nitrogens is 1. The molecule has 2 aromatic rings. The van der Waals surface area contributed by atoms with Gasteiger partial charge in [0.15, 0.2) is 0 Å². The maximum atomic E-state index is 4.15. The van der Waals surface area contributed by atoms with Gasteiger partial charge in [-0.05, 0) is 17.1 Å². The van der Waals surface area contributed by atoms with Gasteiger partial charge in [-0.1, -0.05) is 6.07 Å². The molecule has 0 saturated heterocycles. The summed E-state index contributed by atoms with van der Waals surface area (Å²) in [7, 11) is 0. The average molecular weight is 146 g/mol. The molecule has 0 atom stereocenters. The van der Waals surface area contributed by atoms with Crippen molar-refractivity contribution < 1.29 is 4.68 Å². The number of aromatic amines is 1. The predicted molar refractivity (Wildman–Crippen MR) is 40.1 cm³/mol. The number of rotatable bonds is 1. The zero-order valence-electron chi connectivity index (χ0n) is 5.94. The summed E-state index contributed by atoms with van der Waals surface area (Å²) >= 11 is 0. The highest BCUT2D eigenvalue weighted by Gasteiger charge is 2.03. The second-order valence-electron chi connectivity index (χ2n) is 2.20. The first-order valence-electron chi connectivity index (χ1n) is 3.43. The lowest BCUT2D eigenvalue weighted by molar-refractivity contribution is -0.658. The third kappa shape index (κ3) is 1.12. The maximum absolute atomic E-state index is 4.15. The standard InChI is InChI=1S/C8H7N3/c1-2-5-9-8(4-1)11-7-3-6-10-11/h1-7H/p+1. The van der Waals surface area contributed by atoms with Gasteiger partial charge in [0.05, 0.1) is 0 Å². The zero-order valence-corrected chi connectivity index (χ0v) is 5.94. The topological polar surface area (TPSA) is 32.6 Å². The van der Waals surface area contributed by atoms with Gasteiger partial charge >= 0.3 is 5.82 Å². The van der Waals surface area contributed by atoms with Crippen LogP contribution in [-0.2, 0) is 0 Å². The number of aromatic nitrogens is 3. The van der Waals surface area contributed by atoms with E-state index in [-0.39, 0.29) is 0 Å². The van der Waals surface area contributed by atoms with E-state index in [9.17, 15) is 0 Å². The van der Waals surface area contributed by atoms with E-state index in [0.717, 1.165) is 5.82 Å². The van der Waals surface area contributed by atoms with E-state index in [1.807, 2.05) is 41.3 Å². The van der Waals surface area contributed by atoms with Crippen LogP contribution in [0.2, 0.25) is 0 Å². The van der Waals surface area contributed by atoms with Gasteiger partial charge in [0.25, 0.3) is 0 Å². The van der Waals surface area contributed by atoms with Crippen LogP contribution in [0.15, 0.2) is 42.9 Å². The third-order valence-corrected chi connectivity index (χ3v) is 1.44. The number of nitrogens with one attached hydrogen (secondary N) is 1. The fraction of sp³-hybridized carbons (Fsp3) is 0. The summed E-state index contributed by atoms with van der Waals surface area (Å²) in [5.74, 6) is 0.900. The van der Waals surface area contributed by atoms with Gasteiger partial charge in [-0.25, -0.2) is 5.10 Å². The number of pyridine rings is 1. The van der Waals surface area contributed by atoms with Gasteiger partial charge in [-0.3, -0.25) is 0 Å². The molecular weight excluding hydrogens is 138 g/mol. The Morgan fingerprint density at radius 1 is 1.27 bits per heavy atom. The van der Waals surface area contributed by atoms with Crippen molar-refractivity contribution in [1.29, 1.82) is 0 Å². The molecule has 0 fully saturated rings. The van der Waals surface area contributed by atoms with Crippen molar-refractivity contribution in [1.82, 2.24) is 10.1 Å². The van der Waals surface area contributed by atoms with Crippen molar-refractivity contribution in [3.8, 4) is 5.82 Å². The lowest BCUT2D eigenvalue weighted by atomic mass is 10.5. The Hall–Kier alpha value is -1.64. The van der Waals surface area contributed by atoms with Gasteiger partial charge in [-0.2, -0.15) is 0 Å². The monoisotopic (exact) mass is 146 g/mol. The van der Waals surface area contributed by atoms with Crippen molar-refractivity contribution in [2.45, 2.75) is 0 Å². The van der Waals surface area contributed by atoms with E-state index in [0.29, 0.717) is 0 Å². The Kier molecular flexibility index (Phi) is 1.41. The van der Waals surface area contributed by atoms with Crippen LogP contribution in [0.25, 0.3) is 5.82 Å². The summed E-state index contributed by atoms with van der Waals surface area (Å²) in [6.45, 7) is 0. The van der Waals surface area contributed by atoms with Crippen molar-refractivity contribution >= 4 is 0 Å². The first-order chi connectivity index (χ1) is 5.47. The van der Waals surface area contributed by atoms with Gasteiger partial charge in [0.1, 0.15) is 12.4 Å². The molecule has 0 saturated carbocycles. The van der Waals surface area contributed by atoms with Crippen LogP contribution < -0.4 is 4.68 Å². The summed E-state index contributed by atoms with van der Waals surface area (Å²) in [5, 5.41) is 3.01. The highest BCUT2D eigenvalue weighted by atomic mass is 15.3. The van der Waals surface area contributed by atoms with E-state index in [4.69, 9.17) is 0 Å². The lowest BCUT2D eigenvalue weighted by Gasteiger charge is -1.86. The summed E-state index contributed by atoms with van der Waals surface area (Å²) in [4.78, 5) is 4.15. The van der Waals surface area contributed by atoms with Gasteiger partial charge in [0, 0.05) is 12.3 Å². The molecule has 0 spiro atoms. The molecule has 0 aliphatic heterocycles. The molecule has 3 heteroatoms. The smallest absolute Gasteiger partial charge is 0.231 e. The molecule has 1 N–H and O–H groups in total. The molecular formula is C8H8N3+. The normalized spacial score (nSPS) is 9.82. The number of hydrogen-bond donors (Lipinski definition) is 1. The van der Waals surface area contributed by atoms with E-state index >= 15 is 0 Å². The molecule has 3 nitrogen and oxygen atoms in total. The van der Waals surface area contributed by atoms with Gasteiger partial charge < -0.3 is 0 Å². The first kappa shape index (κ1) is 6.09. The predicted octanol–water partition coefficient (Wildman–Crippen LogP) is 0.686. The van der Waals surface area contributed by atoms with E-state index in [2.05, 4.69) is 10.1 Å². The Morgan fingerprint density at radius 2 is 2.27 bits per heavy atom. The van der Waals surface area contributed by atoms with E-state index < -0.39 is 0 Å². The minimum Gasteiger partial charge on any atom is -0.231 e. The molecule has 0 radical (unpaired) electrons. The Balaban J connectivity index is 2.46. The van der Waals surface area contributed by atoms with Crippen LogP contribution in [0.5, 0.6) is 0 Å². The quantitative estimate of drug-likeness (QED) is 0.590. The second kappa shape index (κ2) is 2.54. The van der Waals surface area contributed by atoms with Crippen LogP contribution in [0.3, 0.4) is 0 Å². The molecule has 54 valence electrons. The Labute approximate surface area is 64.3 Å². The third-order valence-electron chi connectivity index (χ3n) is 1.44. The molecule has 2 aromatic heterocycles. The Morgan fingerprint density at radius 3 is 2.91 bits per heavy atom. The number of hydrogen-bond acceptors (Lipinski definition) is 1. The fourth-order valence-corrected chi connectivity index (χ4v) is 0.934. The highest BCUT2D eigenvalue weighted by Crippen LogP contribution is 1.89. The van der Waals surface area contributed by atoms with Crippen LogP contribution in [0.1, 0.15) is 0 Å². The minimum absolute atomic E-state index is 0.900. The average Bonchev–Trinajstić information content (AvgIpc) is 2.58. The summed E-state index contributed by atoms with van der Waals surface area (Å²) in [6, 6.07) is 7.72. The molecule has 0 aliphatic rings. The first-order valence-corrected chi connectivity index (χ1v) is 3.43. The Bertz CT molecular complexity index is 312. The summed E-state index contributed by atoms with van der Waals surface area (Å²) in [5.41, 5.74) is 0. The minimum atomic E-state index is 0.900. The molecule has 2 heterocycles. The molecule has 2 rings (SSSR count). The largest absolute Gasteiger partial charge is 0.346 e. The fourth-order valence-electron chi connectivity index (χ4n) is 0.934. The molecule has 0 amide bonds. The van der Waals surface area contributed by atoms with Crippen molar-refractivity contribution in [3.63, 3.8) is 0 Å². The van der Waals surface area contributed by atoms with Crippen molar-refractivity contribution in [2.24, 2.45) is 0 Å². The second-order valence-corrected chi connectivity index (χ2v) is 2.20. The lowest BCUT2D eigenvalue weighted by Crippen LogP contribution is -2.32. The van der Waals surface area contributed by atoms with Crippen molar-refractivity contribution in [2.75, 3.05) is 0 Å². The maximum Gasteiger partial charge on any atom is 0.346 e. The molecule has 0 unspecified atom stereocenters. The van der Waals surface area contributed by atoms with Crippen LogP contribution in [0, 0.1) is 0 Å². The molecule has 0 aromatic carbocycles. The van der Waals surface area contributed by atoms with Crippen molar-refractivity contribution in [3.05, 3.63) is 42.9 Å².